The number of carbonyl (C=O) groups is 1. The molecule has 5 aromatic rings. The molecule has 6 rings (SSSR count). The quantitative estimate of drug-likeness (QED) is 0.172. The van der Waals surface area contributed by atoms with E-state index >= 15 is 0 Å². The van der Waals surface area contributed by atoms with Crippen LogP contribution in [0.15, 0.2) is 109 Å². The first kappa shape index (κ1) is 30.4. The Hall–Kier alpha value is -4.59. The molecule has 0 unspecified atom stereocenters. The second-order valence-electron chi connectivity index (χ2n) is 11.5. The van der Waals surface area contributed by atoms with Crippen LogP contribution in [0.25, 0.3) is 10.9 Å². The molecule has 232 valence electrons. The van der Waals surface area contributed by atoms with Gasteiger partial charge in [0, 0.05) is 62.2 Å². The lowest BCUT2D eigenvalue weighted by molar-refractivity contribution is -0.121. The lowest BCUT2D eigenvalue weighted by Crippen LogP contribution is -2.41. The van der Waals surface area contributed by atoms with E-state index in [-0.39, 0.29) is 11.8 Å². The third kappa shape index (κ3) is 7.74. The van der Waals surface area contributed by atoms with E-state index in [1.807, 2.05) is 48.5 Å². The zero-order valence-corrected chi connectivity index (χ0v) is 25.9. The third-order valence-corrected chi connectivity index (χ3v) is 8.46. The molecule has 1 saturated heterocycles. The van der Waals surface area contributed by atoms with Gasteiger partial charge >= 0.3 is 0 Å². The number of carbonyl (C=O) groups excluding carboxylic acids is 1. The predicted molar refractivity (Wildman–Crippen MR) is 178 cm³/mol. The normalized spacial score (nSPS) is 14.2. The fourth-order valence-electron chi connectivity index (χ4n) is 6.06. The number of aromatic nitrogens is 1. The Morgan fingerprint density at radius 2 is 1.58 bits per heavy atom. The van der Waals surface area contributed by atoms with Crippen molar-refractivity contribution in [3.63, 3.8) is 0 Å². The molecule has 1 amide bonds. The number of methoxy groups -OCH3 is 1. The summed E-state index contributed by atoms with van der Waals surface area (Å²) in [7, 11) is 1.66. The maximum absolute atomic E-state index is 13.5. The summed E-state index contributed by atoms with van der Waals surface area (Å²) in [6, 6.07) is 35.1. The molecule has 1 aliphatic rings. The van der Waals surface area contributed by atoms with Crippen molar-refractivity contribution >= 4 is 16.8 Å². The molecule has 0 spiro atoms. The monoisotopic (exact) mass is 603 g/mol. The lowest BCUT2D eigenvalue weighted by Gasteiger charge is -2.26. The molecule has 0 radical (unpaired) electrons. The van der Waals surface area contributed by atoms with Gasteiger partial charge in [-0.15, -0.1) is 0 Å². The average molecular weight is 604 g/mol. The van der Waals surface area contributed by atoms with Crippen molar-refractivity contribution < 1.29 is 19.0 Å². The van der Waals surface area contributed by atoms with Crippen LogP contribution in [0.1, 0.15) is 34.6 Å². The highest BCUT2D eigenvalue weighted by atomic mass is 16.5. The fourth-order valence-corrected chi connectivity index (χ4v) is 6.06. The van der Waals surface area contributed by atoms with Crippen molar-refractivity contribution in [3.05, 3.63) is 132 Å². The highest BCUT2D eigenvalue weighted by molar-refractivity contribution is 5.87. The van der Waals surface area contributed by atoms with Crippen LogP contribution in [0.2, 0.25) is 0 Å². The molecule has 1 aromatic heterocycles. The largest absolute Gasteiger partial charge is 0.493 e. The topological polar surface area (TPSA) is 65.0 Å². The zero-order valence-electron chi connectivity index (χ0n) is 25.9. The molecule has 7 nitrogen and oxygen atoms in total. The maximum Gasteiger partial charge on any atom is 0.220 e. The second kappa shape index (κ2) is 14.9. The van der Waals surface area contributed by atoms with Gasteiger partial charge in [0.1, 0.15) is 6.61 Å². The van der Waals surface area contributed by atoms with E-state index in [1.54, 1.807) is 7.11 Å². The minimum Gasteiger partial charge on any atom is -0.493 e. The molecule has 0 bridgehead atoms. The van der Waals surface area contributed by atoms with Gasteiger partial charge in [-0.3, -0.25) is 9.69 Å². The second-order valence-corrected chi connectivity index (χ2v) is 11.5. The predicted octanol–water partition coefficient (Wildman–Crippen LogP) is 6.25. The molecule has 1 fully saturated rings. The number of hydrogen-bond acceptors (Lipinski definition) is 5. The Morgan fingerprint density at radius 3 is 2.33 bits per heavy atom. The summed E-state index contributed by atoms with van der Waals surface area (Å²) in [4.78, 5) is 15.9. The van der Waals surface area contributed by atoms with Crippen LogP contribution in [-0.2, 0) is 22.7 Å². The molecule has 4 aromatic carbocycles. The summed E-state index contributed by atoms with van der Waals surface area (Å²) < 4.78 is 19.7. The zero-order chi connectivity index (χ0) is 30.8. The highest BCUT2D eigenvalue weighted by Crippen LogP contribution is 2.39. The van der Waals surface area contributed by atoms with E-state index in [0.717, 1.165) is 67.0 Å². The molecule has 45 heavy (non-hydrogen) atoms. The van der Waals surface area contributed by atoms with Crippen LogP contribution in [0.3, 0.4) is 0 Å². The Kier molecular flexibility index (Phi) is 10.1. The van der Waals surface area contributed by atoms with Crippen LogP contribution < -0.4 is 14.8 Å². The molecule has 0 aliphatic carbocycles. The van der Waals surface area contributed by atoms with E-state index in [0.29, 0.717) is 31.1 Å². The van der Waals surface area contributed by atoms with Gasteiger partial charge < -0.3 is 24.1 Å². The van der Waals surface area contributed by atoms with Gasteiger partial charge in [0.25, 0.3) is 0 Å². The van der Waals surface area contributed by atoms with Crippen molar-refractivity contribution in [1.29, 1.82) is 0 Å². The van der Waals surface area contributed by atoms with Crippen LogP contribution in [-0.4, -0.2) is 61.9 Å². The highest BCUT2D eigenvalue weighted by Gasteiger charge is 2.24. The number of ether oxygens (including phenoxy) is 3. The van der Waals surface area contributed by atoms with Crippen LogP contribution in [0, 0.1) is 0 Å². The van der Waals surface area contributed by atoms with Crippen molar-refractivity contribution in [2.24, 2.45) is 0 Å². The van der Waals surface area contributed by atoms with Gasteiger partial charge in [-0.2, -0.15) is 0 Å². The lowest BCUT2D eigenvalue weighted by atomic mass is 9.87. The number of rotatable bonds is 13. The van der Waals surface area contributed by atoms with Crippen molar-refractivity contribution in [2.75, 3.05) is 46.5 Å². The molecule has 1 aliphatic heterocycles. The third-order valence-electron chi connectivity index (χ3n) is 8.46. The number of fused-ring (bicyclic) bond motifs is 1. The average Bonchev–Trinajstić information content (AvgIpc) is 3.45. The van der Waals surface area contributed by atoms with Crippen molar-refractivity contribution in [3.8, 4) is 11.5 Å². The minimum absolute atomic E-state index is 0.0246. The van der Waals surface area contributed by atoms with Crippen molar-refractivity contribution in [2.45, 2.75) is 25.5 Å². The van der Waals surface area contributed by atoms with Crippen LogP contribution in [0.4, 0.5) is 0 Å². The van der Waals surface area contributed by atoms with Gasteiger partial charge in [-0.1, -0.05) is 84.9 Å². The number of benzene rings is 4. The number of morpholine rings is 1. The van der Waals surface area contributed by atoms with Crippen molar-refractivity contribution in [1.82, 2.24) is 14.8 Å². The molecule has 1 atom stereocenters. The van der Waals surface area contributed by atoms with E-state index < -0.39 is 0 Å². The number of amides is 1. The van der Waals surface area contributed by atoms with Gasteiger partial charge in [0.2, 0.25) is 5.91 Å². The molecule has 0 saturated carbocycles. The smallest absolute Gasteiger partial charge is 0.220 e. The summed E-state index contributed by atoms with van der Waals surface area (Å²) in [5.41, 5.74) is 5.57. The molecular formula is C38H41N3O4. The molecule has 1 N–H and O–H groups in total. The molecule has 7 heteroatoms. The van der Waals surface area contributed by atoms with Gasteiger partial charge in [0.15, 0.2) is 11.5 Å². The van der Waals surface area contributed by atoms with E-state index in [2.05, 4.69) is 75.6 Å². The Morgan fingerprint density at radius 1 is 0.867 bits per heavy atom. The van der Waals surface area contributed by atoms with E-state index in [4.69, 9.17) is 14.2 Å². The number of nitrogens with zero attached hydrogens (tertiary/aromatic N) is 2. The summed E-state index contributed by atoms with van der Waals surface area (Å²) in [6.45, 7) is 5.91. The first-order valence-electron chi connectivity index (χ1n) is 15.7. The number of para-hydroxylation sites is 1. The van der Waals surface area contributed by atoms with Gasteiger partial charge in [-0.05, 0) is 40.5 Å². The maximum atomic E-state index is 13.5. The summed E-state index contributed by atoms with van der Waals surface area (Å²) in [5, 5.41) is 4.33. The fraction of sp³-hybridized carbons (Fsp3) is 0.289. The minimum atomic E-state index is -0.188. The van der Waals surface area contributed by atoms with Crippen LogP contribution in [0.5, 0.6) is 11.5 Å². The Balaban J connectivity index is 1.30. The summed E-state index contributed by atoms with van der Waals surface area (Å²) in [6.07, 6.45) is 2.53. The standard InChI is InChI=1S/C38H41N3O4/c1-43-37-24-31(16-17-36(37)45-28-30-12-6-3-7-13-30)33(25-38(42)39-18-19-40-20-22-44-23-21-40)34-27-41(26-29-10-4-2-5-11-29)35-15-9-8-14-32(34)35/h2-17,24,27,33H,18-23,25-26,28H2,1H3,(H,39,42)/t33-/m0/s1. The summed E-state index contributed by atoms with van der Waals surface area (Å²) >= 11 is 0. The van der Waals surface area contributed by atoms with E-state index in [1.165, 1.54) is 5.56 Å². The summed E-state index contributed by atoms with van der Waals surface area (Å²) in [5.74, 6) is 1.16. The Labute approximate surface area is 265 Å². The molecular weight excluding hydrogens is 562 g/mol. The first-order valence-corrected chi connectivity index (χ1v) is 15.7. The first-order chi connectivity index (χ1) is 22.2. The number of nitrogens with one attached hydrogen (secondary N) is 1. The molecule has 2 heterocycles. The van der Waals surface area contributed by atoms with Crippen LogP contribution >= 0.6 is 0 Å². The van der Waals surface area contributed by atoms with Gasteiger partial charge in [0.05, 0.1) is 20.3 Å². The van der Waals surface area contributed by atoms with Gasteiger partial charge in [-0.25, -0.2) is 0 Å². The number of hydrogen-bond donors (Lipinski definition) is 1. The Bertz CT molecular complexity index is 1680. The SMILES string of the molecule is COc1cc([C@H](CC(=O)NCCN2CCOCC2)c2cn(Cc3ccccc3)c3ccccc23)ccc1OCc1ccccc1. The van der Waals surface area contributed by atoms with E-state index in [9.17, 15) is 4.79 Å².